The number of unbranched alkanes of at least 4 members (excludes halogenated alkanes) is 3. The highest BCUT2D eigenvalue weighted by molar-refractivity contribution is 5.91. The van der Waals surface area contributed by atoms with Gasteiger partial charge in [0.25, 0.3) is 0 Å². The highest BCUT2D eigenvalue weighted by Gasteiger charge is 2.42. The molecule has 0 aromatic heterocycles. The molecule has 1 aliphatic carbocycles. The van der Waals surface area contributed by atoms with E-state index in [9.17, 15) is 4.79 Å². The van der Waals surface area contributed by atoms with Crippen molar-refractivity contribution in [2.45, 2.75) is 57.4 Å². The van der Waals surface area contributed by atoms with Crippen molar-refractivity contribution in [2.24, 2.45) is 0 Å². The highest BCUT2D eigenvalue weighted by atomic mass is 16.1. The summed E-state index contributed by atoms with van der Waals surface area (Å²) >= 11 is 0. The van der Waals surface area contributed by atoms with E-state index in [1.54, 1.807) is 0 Å². The fourth-order valence-electron chi connectivity index (χ4n) is 3.04. The normalized spacial score (nSPS) is 22.9. The number of carbonyl (C=O) groups is 1. The van der Waals surface area contributed by atoms with Gasteiger partial charge < -0.3 is 5.32 Å². The molecule has 0 heterocycles. The monoisotopic (exact) mass is 259 g/mol. The zero-order chi connectivity index (χ0) is 13.6. The van der Waals surface area contributed by atoms with Crippen LogP contribution >= 0.6 is 0 Å². The molecule has 0 spiro atoms. The van der Waals surface area contributed by atoms with Gasteiger partial charge >= 0.3 is 0 Å². The fraction of sp³-hybridized carbons (Fsp3) is 0.588. The van der Waals surface area contributed by atoms with E-state index in [1.165, 1.54) is 19.3 Å². The first-order valence-corrected chi connectivity index (χ1v) is 7.63. The van der Waals surface area contributed by atoms with E-state index in [2.05, 4.69) is 24.4 Å². The largest absolute Gasteiger partial charge is 0.301 e. The Morgan fingerprint density at radius 3 is 2.58 bits per heavy atom. The predicted octanol–water partition coefficient (Wildman–Crippen LogP) is 3.80. The van der Waals surface area contributed by atoms with Crippen molar-refractivity contribution in [3.05, 3.63) is 35.9 Å². The molecule has 1 fully saturated rings. The molecule has 1 N–H and O–H groups in total. The first-order valence-electron chi connectivity index (χ1n) is 7.63. The van der Waals surface area contributed by atoms with E-state index >= 15 is 0 Å². The lowest BCUT2D eigenvalue weighted by molar-refractivity contribution is -0.123. The number of hydrogen-bond acceptors (Lipinski definition) is 2. The van der Waals surface area contributed by atoms with Crippen LogP contribution in [0.3, 0.4) is 0 Å². The van der Waals surface area contributed by atoms with Gasteiger partial charge in [0.2, 0.25) is 0 Å². The second kappa shape index (κ2) is 6.85. The van der Waals surface area contributed by atoms with Crippen LogP contribution in [0.25, 0.3) is 0 Å². The minimum absolute atomic E-state index is 0.370. The molecule has 1 aromatic rings. The molecule has 1 aliphatic rings. The number of hydrogen-bond donors (Lipinski definition) is 1. The van der Waals surface area contributed by atoms with Crippen LogP contribution in [-0.4, -0.2) is 12.3 Å². The van der Waals surface area contributed by atoms with Crippen molar-refractivity contribution in [1.29, 1.82) is 0 Å². The van der Waals surface area contributed by atoms with Crippen LogP contribution in [0.5, 0.6) is 0 Å². The highest BCUT2D eigenvalue weighted by Crippen LogP contribution is 2.35. The Balaban J connectivity index is 2.02. The number of ketones is 1. The van der Waals surface area contributed by atoms with Gasteiger partial charge in [0.05, 0.1) is 0 Å². The van der Waals surface area contributed by atoms with Crippen LogP contribution in [0.2, 0.25) is 0 Å². The average Bonchev–Trinajstić information content (AvgIpc) is 2.82. The Morgan fingerprint density at radius 1 is 1.16 bits per heavy atom. The number of carbonyl (C=O) groups excluding carboxylic acids is 1. The summed E-state index contributed by atoms with van der Waals surface area (Å²) in [5.41, 5.74) is 0.751. The van der Waals surface area contributed by atoms with Crippen LogP contribution in [0.4, 0.5) is 0 Å². The Morgan fingerprint density at radius 2 is 1.95 bits per heavy atom. The molecule has 1 aromatic carbocycles. The number of benzene rings is 1. The number of nitrogens with one attached hydrogen (secondary N) is 1. The molecule has 2 nitrogen and oxygen atoms in total. The lowest BCUT2D eigenvalue weighted by atomic mass is 9.87. The van der Waals surface area contributed by atoms with Gasteiger partial charge in [-0.1, -0.05) is 56.5 Å². The molecule has 0 saturated heterocycles. The van der Waals surface area contributed by atoms with E-state index < -0.39 is 5.54 Å². The summed E-state index contributed by atoms with van der Waals surface area (Å²) < 4.78 is 0. The SMILES string of the molecule is CCCCCCNC1(c2ccccc2)CCCC1=O. The van der Waals surface area contributed by atoms with Crippen molar-refractivity contribution < 1.29 is 4.79 Å². The Hall–Kier alpha value is -1.15. The minimum Gasteiger partial charge on any atom is -0.301 e. The van der Waals surface area contributed by atoms with E-state index in [-0.39, 0.29) is 0 Å². The molecule has 1 atom stereocenters. The van der Waals surface area contributed by atoms with Gasteiger partial charge in [0, 0.05) is 6.42 Å². The topological polar surface area (TPSA) is 29.1 Å². The molecule has 104 valence electrons. The summed E-state index contributed by atoms with van der Waals surface area (Å²) in [6.45, 7) is 3.17. The molecule has 0 aliphatic heterocycles. The quantitative estimate of drug-likeness (QED) is 0.755. The van der Waals surface area contributed by atoms with Crippen molar-refractivity contribution >= 4 is 5.78 Å². The molecule has 1 saturated carbocycles. The van der Waals surface area contributed by atoms with Crippen LogP contribution < -0.4 is 5.32 Å². The third-order valence-electron chi connectivity index (χ3n) is 4.16. The Bertz CT molecular complexity index is 401. The fourth-order valence-corrected chi connectivity index (χ4v) is 3.04. The van der Waals surface area contributed by atoms with Gasteiger partial charge in [-0.3, -0.25) is 4.79 Å². The van der Waals surface area contributed by atoms with Crippen LogP contribution in [0.15, 0.2) is 30.3 Å². The summed E-state index contributed by atoms with van der Waals surface area (Å²) in [4.78, 5) is 12.4. The lowest BCUT2D eigenvalue weighted by Gasteiger charge is -2.29. The molecule has 1 unspecified atom stereocenters. The molecular formula is C17H25NO. The van der Waals surface area contributed by atoms with Crippen LogP contribution in [0, 0.1) is 0 Å². The standard InChI is InChI=1S/C17H25NO/c1-2-3-4-8-14-18-17(13-9-12-16(17)19)15-10-6-5-7-11-15/h5-7,10-11,18H,2-4,8-9,12-14H2,1H3. The average molecular weight is 259 g/mol. The van der Waals surface area contributed by atoms with Gasteiger partial charge in [-0.05, 0) is 31.4 Å². The maximum atomic E-state index is 12.4. The van der Waals surface area contributed by atoms with Gasteiger partial charge in [-0.15, -0.1) is 0 Å². The van der Waals surface area contributed by atoms with Gasteiger partial charge in [-0.2, -0.15) is 0 Å². The summed E-state index contributed by atoms with van der Waals surface area (Å²) in [5, 5.41) is 3.57. The maximum Gasteiger partial charge on any atom is 0.157 e. The third kappa shape index (κ3) is 3.24. The molecule has 2 heteroatoms. The van der Waals surface area contributed by atoms with Gasteiger partial charge in [0.15, 0.2) is 5.78 Å². The first-order chi connectivity index (χ1) is 9.29. The Labute approximate surface area is 116 Å². The molecule has 0 radical (unpaired) electrons. The lowest BCUT2D eigenvalue weighted by Crippen LogP contribution is -2.46. The van der Waals surface area contributed by atoms with E-state index in [1.807, 2.05) is 18.2 Å². The summed E-state index contributed by atoms with van der Waals surface area (Å²) in [6, 6.07) is 10.2. The number of Topliss-reactive ketones (excluding diaryl/α,β-unsaturated/α-hetero) is 1. The summed E-state index contributed by atoms with van der Waals surface area (Å²) in [7, 11) is 0. The second-order valence-electron chi connectivity index (χ2n) is 5.54. The van der Waals surface area contributed by atoms with E-state index in [4.69, 9.17) is 0 Å². The second-order valence-corrected chi connectivity index (χ2v) is 5.54. The van der Waals surface area contributed by atoms with Crippen molar-refractivity contribution in [3.63, 3.8) is 0 Å². The van der Waals surface area contributed by atoms with Crippen LogP contribution in [0.1, 0.15) is 57.4 Å². The van der Waals surface area contributed by atoms with Gasteiger partial charge in [0.1, 0.15) is 5.54 Å². The van der Waals surface area contributed by atoms with Crippen LogP contribution in [-0.2, 0) is 10.3 Å². The van der Waals surface area contributed by atoms with E-state index in [0.29, 0.717) is 5.78 Å². The molecule has 0 bridgehead atoms. The predicted molar refractivity (Wildman–Crippen MR) is 79.1 cm³/mol. The summed E-state index contributed by atoms with van der Waals surface area (Å²) in [6.07, 6.45) is 7.63. The van der Waals surface area contributed by atoms with E-state index in [0.717, 1.165) is 37.8 Å². The molecule has 0 amide bonds. The minimum atomic E-state index is -0.395. The molecule has 2 rings (SSSR count). The molecular weight excluding hydrogens is 234 g/mol. The zero-order valence-electron chi connectivity index (χ0n) is 12.0. The number of rotatable bonds is 7. The van der Waals surface area contributed by atoms with Crippen molar-refractivity contribution in [3.8, 4) is 0 Å². The van der Waals surface area contributed by atoms with Crippen molar-refractivity contribution in [1.82, 2.24) is 5.32 Å². The zero-order valence-corrected chi connectivity index (χ0v) is 12.0. The molecule has 19 heavy (non-hydrogen) atoms. The Kier molecular flexibility index (Phi) is 5.15. The van der Waals surface area contributed by atoms with Crippen molar-refractivity contribution in [2.75, 3.05) is 6.54 Å². The smallest absolute Gasteiger partial charge is 0.157 e. The third-order valence-corrected chi connectivity index (χ3v) is 4.16. The van der Waals surface area contributed by atoms with Gasteiger partial charge in [-0.25, -0.2) is 0 Å². The first kappa shape index (κ1) is 14.3. The summed E-state index contributed by atoms with van der Waals surface area (Å²) in [5.74, 6) is 0.370. The maximum absolute atomic E-state index is 12.4.